The van der Waals surface area contributed by atoms with Gasteiger partial charge in [-0.3, -0.25) is 14.4 Å². The molecule has 0 radical (unpaired) electrons. The van der Waals surface area contributed by atoms with Crippen molar-refractivity contribution in [3.8, 4) is 0 Å². The highest BCUT2D eigenvalue weighted by Gasteiger charge is 2.43. The van der Waals surface area contributed by atoms with E-state index in [0.717, 1.165) is 32.1 Å². The molecule has 1 saturated carbocycles. The minimum atomic E-state index is -4.19. The van der Waals surface area contributed by atoms with E-state index in [4.69, 9.17) is 0 Å². The van der Waals surface area contributed by atoms with Gasteiger partial charge in [0.25, 0.3) is 15.9 Å². The van der Waals surface area contributed by atoms with Crippen molar-refractivity contribution in [2.24, 2.45) is 0 Å². The number of carbonyl (C=O) groups excluding carboxylic acids is 3. The molecular weight excluding hydrogens is 473 g/mol. The first-order chi connectivity index (χ1) is 16.7. The summed E-state index contributed by atoms with van der Waals surface area (Å²) in [5.74, 6) is -2.28. The molecule has 0 bridgehead atoms. The molecule has 2 aromatic carbocycles. The largest absolute Gasteiger partial charge is 0.352 e. The molecule has 2 aromatic rings. The highest BCUT2D eigenvalue weighted by atomic mass is 32.2. The van der Waals surface area contributed by atoms with Crippen LogP contribution in [0.15, 0.2) is 53.4 Å². The summed E-state index contributed by atoms with van der Waals surface area (Å²) >= 11 is 0. The normalized spacial score (nSPS) is 18.1. The van der Waals surface area contributed by atoms with Crippen LogP contribution in [-0.2, 0) is 26.2 Å². The van der Waals surface area contributed by atoms with Gasteiger partial charge in [0, 0.05) is 12.6 Å². The van der Waals surface area contributed by atoms with Crippen molar-refractivity contribution < 1.29 is 27.2 Å². The Labute approximate surface area is 204 Å². The number of amides is 3. The molecule has 2 aliphatic rings. The monoisotopic (exact) mass is 501 g/mol. The molecule has 0 unspecified atom stereocenters. The van der Waals surface area contributed by atoms with Gasteiger partial charge < -0.3 is 10.2 Å². The third-order valence-corrected chi connectivity index (χ3v) is 8.36. The van der Waals surface area contributed by atoms with Crippen molar-refractivity contribution in [2.75, 3.05) is 6.54 Å². The molecule has 3 amide bonds. The Balaban J connectivity index is 1.56. The molecule has 1 fully saturated rings. The van der Waals surface area contributed by atoms with Crippen LogP contribution in [0.2, 0.25) is 0 Å². The second-order valence-corrected chi connectivity index (χ2v) is 10.8. The van der Waals surface area contributed by atoms with E-state index < -0.39 is 40.2 Å². The number of fused-ring (bicyclic) bond motifs is 1. The summed E-state index contributed by atoms with van der Waals surface area (Å²) in [5, 5.41) is 2.99. The number of nitrogens with one attached hydrogen (secondary N) is 1. The number of sulfonamides is 1. The highest BCUT2D eigenvalue weighted by Crippen LogP contribution is 2.30. The molecule has 1 aliphatic carbocycles. The fraction of sp³-hybridized carbons (Fsp3) is 0.400. The summed E-state index contributed by atoms with van der Waals surface area (Å²) in [7, 11) is -4.19. The number of nitrogens with zero attached hydrogens (tertiary/aromatic N) is 2. The van der Waals surface area contributed by atoms with Gasteiger partial charge in [-0.2, -0.15) is 0 Å². The number of rotatable bonds is 7. The van der Waals surface area contributed by atoms with Crippen LogP contribution < -0.4 is 5.32 Å². The van der Waals surface area contributed by atoms with Gasteiger partial charge in [0.2, 0.25) is 11.8 Å². The van der Waals surface area contributed by atoms with E-state index in [0.29, 0.717) is 9.87 Å². The van der Waals surface area contributed by atoms with E-state index in [1.807, 2.05) is 0 Å². The molecule has 1 atom stereocenters. The second-order valence-electron chi connectivity index (χ2n) is 8.98. The van der Waals surface area contributed by atoms with Crippen LogP contribution in [0.4, 0.5) is 4.39 Å². The molecule has 35 heavy (non-hydrogen) atoms. The zero-order chi connectivity index (χ0) is 25.2. The van der Waals surface area contributed by atoms with Gasteiger partial charge in [-0.05, 0) is 49.6 Å². The number of carbonyl (C=O) groups is 3. The van der Waals surface area contributed by atoms with E-state index in [1.165, 1.54) is 47.4 Å². The zero-order valence-electron chi connectivity index (χ0n) is 19.4. The van der Waals surface area contributed by atoms with Crippen LogP contribution in [-0.4, -0.2) is 54.0 Å². The van der Waals surface area contributed by atoms with Crippen LogP contribution in [0.5, 0.6) is 0 Å². The van der Waals surface area contributed by atoms with Crippen LogP contribution >= 0.6 is 0 Å². The quantitative estimate of drug-likeness (QED) is 0.628. The maximum absolute atomic E-state index is 13.4. The van der Waals surface area contributed by atoms with Crippen LogP contribution in [0.25, 0.3) is 0 Å². The minimum absolute atomic E-state index is 0.00785. The van der Waals surface area contributed by atoms with Crippen molar-refractivity contribution in [1.29, 1.82) is 0 Å². The first-order valence-corrected chi connectivity index (χ1v) is 13.1. The average Bonchev–Trinajstić information content (AvgIpc) is 3.04. The zero-order valence-corrected chi connectivity index (χ0v) is 20.3. The minimum Gasteiger partial charge on any atom is -0.352 e. The Bertz CT molecular complexity index is 1230. The van der Waals surface area contributed by atoms with Crippen molar-refractivity contribution in [3.63, 3.8) is 0 Å². The Morgan fingerprint density at radius 2 is 1.74 bits per heavy atom. The first-order valence-electron chi connectivity index (χ1n) is 11.7. The van der Waals surface area contributed by atoms with E-state index >= 15 is 0 Å². The number of hydrogen-bond acceptors (Lipinski definition) is 5. The molecule has 10 heteroatoms. The lowest BCUT2D eigenvalue weighted by molar-refractivity contribution is -0.140. The first kappa shape index (κ1) is 24.8. The maximum atomic E-state index is 13.4. The molecule has 0 aromatic heterocycles. The molecule has 0 saturated heterocycles. The lowest BCUT2D eigenvalue weighted by Gasteiger charge is -2.32. The van der Waals surface area contributed by atoms with Crippen molar-refractivity contribution in [1.82, 2.24) is 14.5 Å². The van der Waals surface area contributed by atoms with Gasteiger partial charge in [-0.25, -0.2) is 17.1 Å². The van der Waals surface area contributed by atoms with Gasteiger partial charge in [0.15, 0.2) is 0 Å². The number of halogens is 1. The highest BCUT2D eigenvalue weighted by molar-refractivity contribution is 7.90. The molecule has 1 heterocycles. The summed E-state index contributed by atoms with van der Waals surface area (Å²) < 4.78 is 39.8. The van der Waals surface area contributed by atoms with Crippen LogP contribution in [0, 0.1) is 5.82 Å². The predicted octanol–water partition coefficient (Wildman–Crippen LogP) is 2.84. The van der Waals surface area contributed by atoms with Crippen molar-refractivity contribution in [3.05, 3.63) is 65.5 Å². The number of hydrogen-bond donors (Lipinski definition) is 1. The Morgan fingerprint density at radius 1 is 1.09 bits per heavy atom. The SMILES string of the molecule is C[C@@H](C(=O)NC1CCCCC1)N(Cc1ccc(F)cc1)C(=O)CN1C(=O)c2ccccc2S1(=O)=O. The third-order valence-electron chi connectivity index (χ3n) is 6.58. The van der Waals surface area contributed by atoms with Gasteiger partial charge >= 0.3 is 0 Å². The van der Waals surface area contributed by atoms with E-state index in [1.54, 1.807) is 13.0 Å². The topological polar surface area (TPSA) is 104 Å². The lowest BCUT2D eigenvalue weighted by Crippen LogP contribution is -2.52. The van der Waals surface area contributed by atoms with Gasteiger partial charge in [0.05, 0.1) is 5.56 Å². The fourth-order valence-corrected chi connectivity index (χ4v) is 6.06. The van der Waals surface area contributed by atoms with E-state index in [9.17, 15) is 27.2 Å². The Kier molecular flexibility index (Phi) is 7.20. The van der Waals surface area contributed by atoms with Gasteiger partial charge in [0.1, 0.15) is 23.3 Å². The molecule has 8 nitrogen and oxygen atoms in total. The predicted molar refractivity (Wildman–Crippen MR) is 126 cm³/mol. The van der Waals surface area contributed by atoms with E-state index in [2.05, 4.69) is 5.32 Å². The van der Waals surface area contributed by atoms with Crippen LogP contribution in [0.1, 0.15) is 54.9 Å². The Morgan fingerprint density at radius 3 is 2.40 bits per heavy atom. The molecular formula is C25H28FN3O5S. The average molecular weight is 502 g/mol. The van der Waals surface area contributed by atoms with Crippen LogP contribution in [0.3, 0.4) is 0 Å². The maximum Gasteiger partial charge on any atom is 0.269 e. The molecule has 0 spiro atoms. The van der Waals surface area contributed by atoms with Gasteiger partial charge in [-0.1, -0.05) is 43.5 Å². The number of benzene rings is 2. The summed E-state index contributed by atoms with van der Waals surface area (Å²) in [6, 6.07) is 10.4. The standard InChI is InChI=1S/C25H28FN3O5S/c1-17(24(31)27-20-7-3-2-4-8-20)28(15-18-11-13-19(26)14-12-18)23(30)16-29-25(32)21-9-5-6-10-22(21)35(29,33)34/h5-6,9-14,17,20H,2-4,7-8,15-16H2,1H3,(H,27,31)/t17-/m0/s1. The Hall–Kier alpha value is -3.27. The summed E-state index contributed by atoms with van der Waals surface area (Å²) in [6.45, 7) is 0.778. The van der Waals surface area contributed by atoms with E-state index in [-0.39, 0.29) is 29.0 Å². The molecule has 186 valence electrons. The van der Waals surface area contributed by atoms with Gasteiger partial charge in [-0.15, -0.1) is 0 Å². The lowest BCUT2D eigenvalue weighted by atomic mass is 9.95. The summed E-state index contributed by atoms with van der Waals surface area (Å²) in [4.78, 5) is 40.3. The molecule has 1 aliphatic heterocycles. The molecule has 1 N–H and O–H groups in total. The summed E-state index contributed by atoms with van der Waals surface area (Å²) in [6.07, 6.45) is 4.89. The third kappa shape index (κ3) is 5.22. The fourth-order valence-electron chi connectivity index (χ4n) is 4.54. The van der Waals surface area contributed by atoms with Crippen molar-refractivity contribution in [2.45, 2.75) is 62.6 Å². The smallest absolute Gasteiger partial charge is 0.269 e. The summed E-state index contributed by atoms with van der Waals surface area (Å²) in [5.41, 5.74) is 0.574. The second kappa shape index (κ2) is 10.2. The molecule has 4 rings (SSSR count). The van der Waals surface area contributed by atoms with Crippen molar-refractivity contribution >= 4 is 27.7 Å².